The Morgan fingerprint density at radius 1 is 1.09 bits per heavy atom. The van der Waals surface area contributed by atoms with Gasteiger partial charge in [-0.1, -0.05) is 41.4 Å². The van der Waals surface area contributed by atoms with Gasteiger partial charge in [-0.25, -0.2) is 4.79 Å². The fourth-order valence-electron chi connectivity index (χ4n) is 4.70. The van der Waals surface area contributed by atoms with Gasteiger partial charge in [-0.05, 0) is 48.6 Å². The first-order valence-electron chi connectivity index (χ1n) is 11.2. The molecule has 0 atom stereocenters. The first kappa shape index (κ1) is 23.2. The van der Waals surface area contributed by atoms with Gasteiger partial charge in [0.25, 0.3) is 5.91 Å². The number of halogens is 2. The zero-order chi connectivity index (χ0) is 24.7. The van der Waals surface area contributed by atoms with Crippen LogP contribution < -0.4 is 11.1 Å². The highest BCUT2D eigenvalue weighted by atomic mass is 35.5. The highest BCUT2D eigenvalue weighted by Crippen LogP contribution is 2.37. The molecular formula is C25H22Cl2N6O2. The molecule has 10 heteroatoms. The van der Waals surface area contributed by atoms with Crippen molar-refractivity contribution in [1.82, 2.24) is 20.0 Å². The Morgan fingerprint density at radius 3 is 2.49 bits per heavy atom. The summed E-state index contributed by atoms with van der Waals surface area (Å²) >= 11 is 12.2. The third-order valence-corrected chi connectivity index (χ3v) is 7.42. The van der Waals surface area contributed by atoms with Crippen molar-refractivity contribution in [3.05, 3.63) is 74.9 Å². The van der Waals surface area contributed by atoms with E-state index >= 15 is 0 Å². The predicted octanol–water partition coefficient (Wildman–Crippen LogP) is 4.30. The monoisotopic (exact) mass is 508 g/mol. The van der Waals surface area contributed by atoms with Gasteiger partial charge in [-0.15, -0.1) is 0 Å². The molecule has 2 aromatic carbocycles. The lowest BCUT2D eigenvalue weighted by Crippen LogP contribution is -2.51. The van der Waals surface area contributed by atoms with Crippen molar-refractivity contribution >= 4 is 35.1 Å². The van der Waals surface area contributed by atoms with Gasteiger partial charge in [0.05, 0.1) is 46.0 Å². The van der Waals surface area contributed by atoms with Crippen molar-refractivity contribution in [1.29, 1.82) is 5.26 Å². The van der Waals surface area contributed by atoms with Gasteiger partial charge >= 0.3 is 6.03 Å². The molecule has 1 aliphatic heterocycles. The fourth-order valence-corrected chi connectivity index (χ4v) is 5.00. The van der Waals surface area contributed by atoms with Crippen molar-refractivity contribution in [2.75, 3.05) is 6.54 Å². The van der Waals surface area contributed by atoms with Crippen LogP contribution in [0.25, 0.3) is 11.3 Å². The number of hydrogen-bond acceptors (Lipinski definition) is 4. The van der Waals surface area contributed by atoms with E-state index in [1.807, 2.05) is 24.3 Å². The summed E-state index contributed by atoms with van der Waals surface area (Å²) in [5, 5.41) is 17.4. The summed E-state index contributed by atoms with van der Waals surface area (Å²) in [6.45, 7) is 1.14. The molecule has 0 saturated heterocycles. The highest BCUT2D eigenvalue weighted by molar-refractivity contribution is 6.42. The van der Waals surface area contributed by atoms with E-state index in [0.717, 1.165) is 12.8 Å². The Morgan fingerprint density at radius 2 is 1.83 bits per heavy atom. The molecule has 0 radical (unpaired) electrons. The SMILES string of the molecule is N#Cc1ccc([C@H]2C[C@@H](NC(=O)N3CCn4nc(-c5ccc(Cl)c(Cl)c5)c(C(N)=O)c4C3)C2)cc1. The molecule has 3 N–H and O–H groups in total. The largest absolute Gasteiger partial charge is 0.365 e. The molecule has 3 amide bonds. The maximum absolute atomic E-state index is 13.0. The van der Waals surface area contributed by atoms with Crippen LogP contribution in [0.1, 0.15) is 45.9 Å². The van der Waals surface area contributed by atoms with Crippen molar-refractivity contribution < 1.29 is 9.59 Å². The quantitative estimate of drug-likeness (QED) is 0.546. The van der Waals surface area contributed by atoms with Crippen molar-refractivity contribution in [3.63, 3.8) is 0 Å². The average molecular weight is 509 g/mol. The van der Waals surface area contributed by atoms with Crippen LogP contribution >= 0.6 is 23.2 Å². The second-order valence-corrected chi connectivity index (χ2v) is 9.67. The summed E-state index contributed by atoms with van der Waals surface area (Å²) in [4.78, 5) is 27.0. The number of amides is 3. The lowest BCUT2D eigenvalue weighted by molar-refractivity contribution is 0.0997. The molecule has 2 aliphatic rings. The minimum Gasteiger partial charge on any atom is -0.365 e. The molecule has 2 heterocycles. The Hall–Kier alpha value is -3.54. The van der Waals surface area contributed by atoms with Crippen LogP contribution in [0.2, 0.25) is 10.0 Å². The number of carbonyl (C=O) groups is 2. The molecule has 1 fully saturated rings. The third-order valence-electron chi connectivity index (χ3n) is 6.68. The van der Waals surface area contributed by atoms with Gasteiger partial charge in [-0.3, -0.25) is 9.48 Å². The van der Waals surface area contributed by atoms with Gasteiger partial charge < -0.3 is 16.0 Å². The minimum atomic E-state index is -0.612. The van der Waals surface area contributed by atoms with E-state index in [1.165, 1.54) is 5.56 Å². The summed E-state index contributed by atoms with van der Waals surface area (Å²) < 4.78 is 1.73. The number of aromatic nitrogens is 2. The summed E-state index contributed by atoms with van der Waals surface area (Å²) in [5.74, 6) is -0.245. The lowest BCUT2D eigenvalue weighted by atomic mass is 9.76. The number of rotatable bonds is 4. The number of primary amides is 1. The number of nitrogens with two attached hydrogens (primary N) is 1. The third kappa shape index (κ3) is 4.45. The first-order valence-corrected chi connectivity index (χ1v) is 12.0. The van der Waals surface area contributed by atoms with E-state index in [9.17, 15) is 9.59 Å². The number of nitrogens with zero attached hydrogens (tertiary/aromatic N) is 4. The minimum absolute atomic E-state index is 0.0809. The molecule has 178 valence electrons. The van der Waals surface area contributed by atoms with E-state index in [2.05, 4.69) is 16.5 Å². The number of urea groups is 1. The fraction of sp³-hybridized carbons (Fsp3) is 0.280. The summed E-state index contributed by atoms with van der Waals surface area (Å²) in [6.07, 6.45) is 1.69. The molecule has 8 nitrogen and oxygen atoms in total. The molecular weight excluding hydrogens is 487 g/mol. The molecule has 3 aromatic rings. The number of fused-ring (bicyclic) bond motifs is 1. The first-order chi connectivity index (χ1) is 16.8. The van der Waals surface area contributed by atoms with Gasteiger partial charge in [0, 0.05) is 18.2 Å². The number of nitriles is 1. The van der Waals surface area contributed by atoms with Gasteiger partial charge in [0.15, 0.2) is 0 Å². The molecule has 1 aromatic heterocycles. The highest BCUT2D eigenvalue weighted by Gasteiger charge is 2.34. The van der Waals surface area contributed by atoms with E-state index in [-0.39, 0.29) is 24.2 Å². The maximum atomic E-state index is 13.0. The summed E-state index contributed by atoms with van der Waals surface area (Å²) in [7, 11) is 0. The number of carbonyl (C=O) groups excluding carboxylic acids is 2. The molecule has 1 aliphatic carbocycles. The van der Waals surface area contributed by atoms with Crippen LogP contribution in [0.5, 0.6) is 0 Å². The predicted molar refractivity (Wildman–Crippen MR) is 132 cm³/mol. The Balaban J connectivity index is 1.27. The van der Waals surface area contributed by atoms with E-state index < -0.39 is 5.91 Å². The van der Waals surface area contributed by atoms with Crippen LogP contribution in [0.4, 0.5) is 4.79 Å². The topological polar surface area (TPSA) is 117 Å². The van der Waals surface area contributed by atoms with E-state index in [1.54, 1.807) is 27.8 Å². The summed E-state index contributed by atoms with van der Waals surface area (Å²) in [5.41, 5.74) is 9.48. The van der Waals surface area contributed by atoms with Crippen molar-refractivity contribution in [2.45, 2.75) is 37.9 Å². The second-order valence-electron chi connectivity index (χ2n) is 8.86. The van der Waals surface area contributed by atoms with Crippen LogP contribution in [-0.2, 0) is 13.1 Å². The molecule has 1 saturated carbocycles. The Labute approximate surface area is 212 Å². The molecule has 0 unspecified atom stereocenters. The van der Waals surface area contributed by atoms with E-state index in [4.69, 9.17) is 34.2 Å². The van der Waals surface area contributed by atoms with Crippen molar-refractivity contribution in [3.8, 4) is 17.3 Å². The van der Waals surface area contributed by atoms with Gasteiger partial charge in [0.1, 0.15) is 5.69 Å². The van der Waals surface area contributed by atoms with Crippen LogP contribution in [0, 0.1) is 11.3 Å². The van der Waals surface area contributed by atoms with Crippen LogP contribution in [-0.4, -0.2) is 39.2 Å². The second kappa shape index (κ2) is 9.25. The van der Waals surface area contributed by atoms with Crippen molar-refractivity contribution in [2.24, 2.45) is 5.73 Å². The molecule has 35 heavy (non-hydrogen) atoms. The zero-order valence-corrected chi connectivity index (χ0v) is 20.2. The molecule has 0 bridgehead atoms. The number of benzene rings is 2. The molecule has 5 rings (SSSR count). The maximum Gasteiger partial charge on any atom is 0.318 e. The average Bonchev–Trinajstić information content (AvgIpc) is 3.22. The zero-order valence-electron chi connectivity index (χ0n) is 18.7. The standard InChI is InChI=1S/C25H22Cl2N6O2/c26-19-6-5-16(11-20(19)27)23-22(24(29)34)21-13-32(7-8-33(21)31-23)25(35)30-18-9-17(10-18)15-3-1-14(12-28)2-4-15/h1-6,11,17-18H,7-10,13H2,(H2,29,34)(H,30,35)/t17-,18+. The van der Waals surface area contributed by atoms with E-state index in [0.29, 0.717) is 51.6 Å². The number of nitrogens with one attached hydrogen (secondary N) is 1. The number of hydrogen-bond donors (Lipinski definition) is 2. The Bertz CT molecular complexity index is 1360. The summed E-state index contributed by atoms with van der Waals surface area (Å²) in [6, 6.07) is 14.7. The van der Waals surface area contributed by atoms with Crippen LogP contribution in [0.15, 0.2) is 42.5 Å². The lowest BCUT2D eigenvalue weighted by Gasteiger charge is -2.38. The Kier molecular flexibility index (Phi) is 6.13. The molecule has 0 spiro atoms. The normalized spacial score (nSPS) is 18.8. The van der Waals surface area contributed by atoms with Crippen LogP contribution in [0.3, 0.4) is 0 Å². The van der Waals surface area contributed by atoms with Gasteiger partial charge in [-0.2, -0.15) is 10.4 Å². The smallest absolute Gasteiger partial charge is 0.318 e. The van der Waals surface area contributed by atoms with Gasteiger partial charge in [0.2, 0.25) is 0 Å².